The summed E-state index contributed by atoms with van der Waals surface area (Å²) in [5.74, 6) is -0.633. The first kappa shape index (κ1) is 29.9. The summed E-state index contributed by atoms with van der Waals surface area (Å²) in [5.41, 5.74) is 2.52. The summed E-state index contributed by atoms with van der Waals surface area (Å²) in [6, 6.07) is 13.5. The molecule has 0 radical (unpaired) electrons. The molecule has 0 aliphatic heterocycles. The van der Waals surface area contributed by atoms with E-state index in [1.165, 1.54) is 4.90 Å². The highest BCUT2D eigenvalue weighted by atomic mass is 16.6. The zero-order valence-electron chi connectivity index (χ0n) is 23.8. The second kappa shape index (κ2) is 12.3. The lowest BCUT2D eigenvalue weighted by Crippen LogP contribution is -2.55. The molecule has 2 N–H and O–H groups in total. The number of nitrogens with one attached hydrogen (secondary N) is 2. The Labute approximate surface area is 222 Å². The summed E-state index contributed by atoms with van der Waals surface area (Å²) in [5, 5.41) is 5.80. The summed E-state index contributed by atoms with van der Waals surface area (Å²) in [4.78, 5) is 42.0. The third-order valence-corrected chi connectivity index (χ3v) is 5.80. The quantitative estimate of drug-likeness (QED) is 0.509. The molecule has 0 spiro atoms. The zero-order valence-corrected chi connectivity index (χ0v) is 23.8. The molecule has 0 saturated heterocycles. The molecular formula is C30H43N3O4. The lowest BCUT2D eigenvalue weighted by Gasteiger charge is -2.35. The Kier molecular flexibility index (Phi) is 9.90. The van der Waals surface area contributed by atoms with E-state index in [2.05, 4.69) is 10.6 Å². The summed E-state index contributed by atoms with van der Waals surface area (Å²) < 4.78 is 5.46. The van der Waals surface area contributed by atoms with Gasteiger partial charge in [0.25, 0.3) is 0 Å². The van der Waals surface area contributed by atoms with Crippen LogP contribution in [0, 0.1) is 13.8 Å². The van der Waals surface area contributed by atoms with Crippen LogP contribution in [0.2, 0.25) is 0 Å². The van der Waals surface area contributed by atoms with E-state index in [0.717, 1.165) is 22.3 Å². The predicted molar refractivity (Wildman–Crippen MR) is 147 cm³/mol. The van der Waals surface area contributed by atoms with Gasteiger partial charge in [0.1, 0.15) is 17.7 Å². The van der Waals surface area contributed by atoms with Gasteiger partial charge in [-0.1, -0.05) is 48.5 Å². The molecule has 2 aromatic rings. The fraction of sp³-hybridized carbons (Fsp3) is 0.500. The van der Waals surface area contributed by atoms with Crippen molar-refractivity contribution in [2.24, 2.45) is 0 Å². The number of benzene rings is 2. The third-order valence-electron chi connectivity index (χ3n) is 5.80. The molecule has 0 aliphatic carbocycles. The van der Waals surface area contributed by atoms with Gasteiger partial charge in [-0.05, 0) is 84.6 Å². The maximum atomic E-state index is 14.1. The van der Waals surface area contributed by atoms with Gasteiger partial charge in [-0.15, -0.1) is 0 Å². The molecule has 2 atom stereocenters. The predicted octanol–water partition coefficient (Wildman–Crippen LogP) is 5.24. The van der Waals surface area contributed by atoms with E-state index < -0.39 is 29.3 Å². The molecule has 0 fully saturated rings. The van der Waals surface area contributed by atoms with Crippen molar-refractivity contribution >= 4 is 17.9 Å². The number of ether oxygens (including phenoxy) is 1. The lowest BCUT2D eigenvalue weighted by molar-refractivity contribution is -0.142. The minimum absolute atomic E-state index is 0.260. The van der Waals surface area contributed by atoms with Crippen LogP contribution in [0.5, 0.6) is 0 Å². The van der Waals surface area contributed by atoms with Gasteiger partial charge in [-0.3, -0.25) is 9.59 Å². The summed E-state index contributed by atoms with van der Waals surface area (Å²) in [7, 11) is 0. The highest BCUT2D eigenvalue weighted by Gasteiger charge is 2.36. The van der Waals surface area contributed by atoms with Gasteiger partial charge in [0.15, 0.2) is 0 Å². The third kappa shape index (κ3) is 9.23. The number of hydrogen-bond donors (Lipinski definition) is 2. The van der Waals surface area contributed by atoms with E-state index in [4.69, 9.17) is 4.74 Å². The molecule has 0 aliphatic rings. The number of alkyl carbamates (subject to hydrolysis) is 1. The first-order valence-corrected chi connectivity index (χ1v) is 12.8. The van der Waals surface area contributed by atoms with Gasteiger partial charge < -0.3 is 20.3 Å². The van der Waals surface area contributed by atoms with Crippen molar-refractivity contribution in [2.75, 3.05) is 6.54 Å². The molecule has 202 valence electrons. The molecule has 3 amide bonds. The van der Waals surface area contributed by atoms with Crippen molar-refractivity contribution in [2.45, 2.75) is 92.0 Å². The standard InChI is InChI=1S/C30H43N3O4/c1-10-33(25(26(34)32-29(4,5)6)23-17-16-20(2)21(3)18-23)27(35)24(19-22-14-12-11-13-15-22)31-28(36)37-30(7,8)9/h11-18,24-25H,10,19H2,1-9H3,(H,31,36)(H,32,34). The van der Waals surface area contributed by atoms with Crippen molar-refractivity contribution < 1.29 is 19.1 Å². The van der Waals surface area contributed by atoms with E-state index in [1.54, 1.807) is 20.8 Å². The van der Waals surface area contributed by atoms with Crippen LogP contribution in [0.15, 0.2) is 48.5 Å². The summed E-state index contributed by atoms with van der Waals surface area (Å²) in [6.45, 7) is 17.1. The van der Waals surface area contributed by atoms with Crippen molar-refractivity contribution in [3.05, 3.63) is 70.8 Å². The molecule has 37 heavy (non-hydrogen) atoms. The highest BCUT2D eigenvalue weighted by molar-refractivity contribution is 5.92. The normalized spacial score (nSPS) is 13.3. The number of hydrogen-bond acceptors (Lipinski definition) is 4. The van der Waals surface area contributed by atoms with E-state index in [9.17, 15) is 14.4 Å². The van der Waals surface area contributed by atoms with E-state index in [-0.39, 0.29) is 24.8 Å². The number of rotatable bonds is 8. The van der Waals surface area contributed by atoms with Gasteiger partial charge in [-0.25, -0.2) is 4.79 Å². The van der Waals surface area contributed by atoms with Crippen LogP contribution in [0.3, 0.4) is 0 Å². The average Bonchev–Trinajstić information content (AvgIpc) is 2.76. The number of carbonyl (C=O) groups excluding carboxylic acids is 3. The molecule has 0 bridgehead atoms. The van der Waals surface area contributed by atoms with E-state index in [1.807, 2.05) is 90.1 Å². The summed E-state index contributed by atoms with van der Waals surface area (Å²) >= 11 is 0. The smallest absolute Gasteiger partial charge is 0.408 e. The monoisotopic (exact) mass is 509 g/mol. The minimum Gasteiger partial charge on any atom is -0.444 e. The van der Waals surface area contributed by atoms with Gasteiger partial charge >= 0.3 is 6.09 Å². The van der Waals surface area contributed by atoms with Crippen LogP contribution in [-0.2, 0) is 20.7 Å². The molecule has 2 aromatic carbocycles. The molecular weight excluding hydrogens is 466 g/mol. The zero-order chi connectivity index (χ0) is 28.0. The maximum Gasteiger partial charge on any atom is 0.408 e. The SMILES string of the molecule is CCN(C(=O)C(Cc1ccccc1)NC(=O)OC(C)(C)C)C(C(=O)NC(C)(C)C)c1ccc(C)c(C)c1. The second-order valence-electron chi connectivity index (χ2n) is 11.5. The van der Waals surface area contributed by atoms with Gasteiger partial charge in [0, 0.05) is 18.5 Å². The summed E-state index contributed by atoms with van der Waals surface area (Å²) in [6.07, 6.45) is -0.421. The van der Waals surface area contributed by atoms with Crippen molar-refractivity contribution in [3.63, 3.8) is 0 Å². The Morgan fingerprint density at radius 3 is 2.05 bits per heavy atom. The Bertz CT molecular complexity index is 1080. The van der Waals surface area contributed by atoms with Crippen LogP contribution < -0.4 is 10.6 Å². The fourth-order valence-electron chi connectivity index (χ4n) is 4.01. The Morgan fingerprint density at radius 1 is 0.919 bits per heavy atom. The van der Waals surface area contributed by atoms with Crippen molar-refractivity contribution in [1.82, 2.24) is 15.5 Å². The number of amides is 3. The number of carbonyl (C=O) groups is 3. The molecule has 7 nitrogen and oxygen atoms in total. The number of nitrogens with zero attached hydrogens (tertiary/aromatic N) is 1. The minimum atomic E-state index is -0.923. The molecule has 0 aromatic heterocycles. The molecule has 7 heteroatoms. The van der Waals surface area contributed by atoms with Crippen LogP contribution >= 0.6 is 0 Å². The van der Waals surface area contributed by atoms with Crippen LogP contribution in [0.4, 0.5) is 4.79 Å². The first-order valence-electron chi connectivity index (χ1n) is 12.8. The second-order valence-corrected chi connectivity index (χ2v) is 11.5. The first-order chi connectivity index (χ1) is 17.1. The van der Waals surface area contributed by atoms with Crippen LogP contribution in [-0.4, -0.2) is 46.5 Å². The van der Waals surface area contributed by atoms with Crippen molar-refractivity contribution in [3.8, 4) is 0 Å². The number of aryl methyl sites for hydroxylation is 2. The lowest BCUT2D eigenvalue weighted by atomic mass is 9.96. The van der Waals surface area contributed by atoms with Gasteiger partial charge in [0.2, 0.25) is 11.8 Å². The van der Waals surface area contributed by atoms with Crippen molar-refractivity contribution in [1.29, 1.82) is 0 Å². The fourth-order valence-corrected chi connectivity index (χ4v) is 4.01. The molecule has 0 heterocycles. The molecule has 0 saturated carbocycles. The Hall–Kier alpha value is -3.35. The molecule has 2 rings (SSSR count). The average molecular weight is 510 g/mol. The Balaban J connectivity index is 2.51. The van der Waals surface area contributed by atoms with Gasteiger partial charge in [0.05, 0.1) is 0 Å². The van der Waals surface area contributed by atoms with E-state index >= 15 is 0 Å². The van der Waals surface area contributed by atoms with Crippen LogP contribution in [0.25, 0.3) is 0 Å². The van der Waals surface area contributed by atoms with E-state index in [0.29, 0.717) is 0 Å². The Morgan fingerprint density at radius 2 is 1.54 bits per heavy atom. The van der Waals surface area contributed by atoms with Gasteiger partial charge in [-0.2, -0.15) is 0 Å². The molecule has 2 unspecified atom stereocenters. The largest absolute Gasteiger partial charge is 0.444 e. The number of likely N-dealkylation sites (N-methyl/N-ethyl adjacent to an activating group) is 1. The topological polar surface area (TPSA) is 87.7 Å². The highest BCUT2D eigenvalue weighted by Crippen LogP contribution is 2.26. The maximum absolute atomic E-state index is 14.1. The van der Waals surface area contributed by atoms with Crippen LogP contribution in [0.1, 0.15) is 76.8 Å².